The number of nitrogens with one attached hydrogen (secondary N) is 2. The lowest BCUT2D eigenvalue weighted by Gasteiger charge is -2.17. The highest BCUT2D eigenvalue weighted by atomic mass is 127. The van der Waals surface area contributed by atoms with Gasteiger partial charge in [-0.2, -0.15) is 0 Å². The fourth-order valence-electron chi connectivity index (χ4n) is 3.60. The quantitative estimate of drug-likeness (QED) is 0.167. The van der Waals surface area contributed by atoms with E-state index in [1.807, 2.05) is 27.7 Å². The van der Waals surface area contributed by atoms with Crippen molar-refractivity contribution in [2.45, 2.75) is 27.7 Å². The molecule has 0 aromatic heterocycles. The number of hydrogen-bond acceptors (Lipinski definition) is 7. The number of aliphatic hydroxyl groups excluding tert-OH is 1. The molecule has 0 bridgehead atoms. The van der Waals surface area contributed by atoms with Crippen LogP contribution in [-0.4, -0.2) is 49.3 Å². The standard InChI is InChI=1S/C31H36IN3O7/c1-18(2)16-41-27-13-20(29(33)37)6-9-24(27)34-31(39)22-7-10-25(28(15-22)42-17-19(3)4)35-30(38)21-5-8-23(32)26(14-21)40-12-11-36/h5-10,13-15,18-19,36H,11-12,16-17H2,1-4H3,(H2,33,37)(H,34,39)(H,35,38). The first-order chi connectivity index (χ1) is 20.0. The lowest BCUT2D eigenvalue weighted by atomic mass is 10.1. The zero-order chi connectivity index (χ0) is 30.8. The van der Waals surface area contributed by atoms with Crippen LogP contribution in [-0.2, 0) is 0 Å². The van der Waals surface area contributed by atoms with E-state index in [4.69, 9.17) is 25.1 Å². The normalized spacial score (nSPS) is 10.9. The summed E-state index contributed by atoms with van der Waals surface area (Å²) in [6.07, 6.45) is 0. The van der Waals surface area contributed by atoms with Crippen LogP contribution in [0, 0.1) is 15.4 Å². The number of aliphatic hydroxyl groups is 1. The Bertz CT molecular complexity index is 1430. The molecule has 11 heteroatoms. The zero-order valence-corrected chi connectivity index (χ0v) is 26.2. The number of carbonyl (C=O) groups is 3. The Kier molecular flexibility index (Phi) is 12.0. The van der Waals surface area contributed by atoms with Crippen LogP contribution in [0.15, 0.2) is 54.6 Å². The molecular weight excluding hydrogens is 653 g/mol. The van der Waals surface area contributed by atoms with E-state index in [0.717, 1.165) is 3.57 Å². The van der Waals surface area contributed by atoms with E-state index in [2.05, 4.69) is 33.2 Å². The Morgan fingerprint density at radius 3 is 1.67 bits per heavy atom. The number of hydrogen-bond donors (Lipinski definition) is 4. The lowest BCUT2D eigenvalue weighted by Crippen LogP contribution is -2.17. The topological polar surface area (TPSA) is 149 Å². The number of halogens is 1. The third kappa shape index (κ3) is 9.35. The van der Waals surface area contributed by atoms with Crippen LogP contribution < -0.4 is 30.6 Å². The molecular formula is C31H36IN3O7. The van der Waals surface area contributed by atoms with Crippen LogP contribution in [0.2, 0.25) is 0 Å². The van der Waals surface area contributed by atoms with Gasteiger partial charge in [0.1, 0.15) is 23.9 Å². The average Bonchev–Trinajstić information content (AvgIpc) is 2.95. The van der Waals surface area contributed by atoms with Crippen molar-refractivity contribution in [3.63, 3.8) is 0 Å². The third-order valence-corrected chi connectivity index (χ3v) is 6.58. The number of ether oxygens (including phenoxy) is 3. The Hall–Kier alpha value is -3.84. The van der Waals surface area contributed by atoms with Gasteiger partial charge in [0, 0.05) is 16.7 Å². The minimum Gasteiger partial charge on any atom is -0.491 e. The predicted molar refractivity (Wildman–Crippen MR) is 170 cm³/mol. The van der Waals surface area contributed by atoms with Crippen LogP contribution >= 0.6 is 22.6 Å². The molecule has 42 heavy (non-hydrogen) atoms. The van der Waals surface area contributed by atoms with Gasteiger partial charge in [-0.25, -0.2) is 0 Å². The highest BCUT2D eigenvalue weighted by Crippen LogP contribution is 2.31. The highest BCUT2D eigenvalue weighted by Gasteiger charge is 2.18. The van der Waals surface area contributed by atoms with Crippen molar-refractivity contribution in [1.82, 2.24) is 0 Å². The van der Waals surface area contributed by atoms with Gasteiger partial charge < -0.3 is 35.7 Å². The molecule has 0 unspecified atom stereocenters. The maximum atomic E-state index is 13.3. The third-order valence-electron chi connectivity index (χ3n) is 5.69. The Labute approximate surface area is 259 Å². The molecule has 0 fully saturated rings. The van der Waals surface area contributed by atoms with E-state index >= 15 is 0 Å². The molecule has 0 saturated heterocycles. The first kappa shape index (κ1) is 32.7. The van der Waals surface area contributed by atoms with Crippen molar-refractivity contribution >= 4 is 51.7 Å². The Balaban J connectivity index is 1.87. The zero-order valence-electron chi connectivity index (χ0n) is 24.0. The Morgan fingerprint density at radius 1 is 0.738 bits per heavy atom. The van der Waals surface area contributed by atoms with Crippen LogP contribution in [0.5, 0.6) is 17.2 Å². The SMILES string of the molecule is CC(C)COc1cc(C(N)=O)ccc1NC(=O)c1ccc(NC(=O)c2ccc(I)c(OCCO)c2)c(OCC(C)C)c1. The van der Waals surface area contributed by atoms with Gasteiger partial charge in [-0.3, -0.25) is 14.4 Å². The molecule has 0 saturated carbocycles. The summed E-state index contributed by atoms with van der Waals surface area (Å²) in [6.45, 7) is 8.65. The number of carbonyl (C=O) groups excluding carboxylic acids is 3. The summed E-state index contributed by atoms with van der Waals surface area (Å²) in [7, 11) is 0. The molecule has 3 aromatic rings. The van der Waals surface area contributed by atoms with Gasteiger partial charge in [-0.05, 0) is 89.0 Å². The number of nitrogens with two attached hydrogens (primary N) is 1. The summed E-state index contributed by atoms with van der Waals surface area (Å²) in [5, 5.41) is 14.8. The summed E-state index contributed by atoms with van der Waals surface area (Å²) in [5.74, 6) is 0.110. The maximum absolute atomic E-state index is 13.3. The first-order valence-electron chi connectivity index (χ1n) is 13.5. The van der Waals surface area contributed by atoms with Crippen LogP contribution in [0.4, 0.5) is 11.4 Å². The van der Waals surface area contributed by atoms with Gasteiger partial charge >= 0.3 is 0 Å². The molecule has 0 aliphatic rings. The molecule has 0 radical (unpaired) electrons. The van der Waals surface area contributed by atoms with Gasteiger partial charge in [0.25, 0.3) is 11.8 Å². The van der Waals surface area contributed by atoms with E-state index in [1.165, 1.54) is 12.1 Å². The molecule has 0 heterocycles. The van der Waals surface area contributed by atoms with Crippen LogP contribution in [0.25, 0.3) is 0 Å². The van der Waals surface area contributed by atoms with Gasteiger partial charge in [-0.1, -0.05) is 27.7 Å². The molecule has 5 N–H and O–H groups in total. The van der Waals surface area contributed by atoms with E-state index < -0.39 is 17.7 Å². The minimum atomic E-state index is -0.606. The van der Waals surface area contributed by atoms with E-state index in [0.29, 0.717) is 47.4 Å². The van der Waals surface area contributed by atoms with Crippen molar-refractivity contribution < 1.29 is 33.7 Å². The molecule has 0 atom stereocenters. The fraction of sp³-hybridized carbons (Fsp3) is 0.323. The highest BCUT2D eigenvalue weighted by molar-refractivity contribution is 14.1. The second-order valence-corrected chi connectivity index (χ2v) is 11.5. The van der Waals surface area contributed by atoms with Gasteiger partial charge in [0.15, 0.2) is 0 Å². The number of amides is 3. The number of rotatable bonds is 14. The second kappa shape index (κ2) is 15.4. The molecule has 0 aliphatic heterocycles. The molecule has 0 aliphatic carbocycles. The largest absolute Gasteiger partial charge is 0.491 e. The molecule has 3 aromatic carbocycles. The summed E-state index contributed by atoms with van der Waals surface area (Å²) in [5.41, 5.74) is 7.10. The maximum Gasteiger partial charge on any atom is 0.255 e. The van der Waals surface area contributed by atoms with Gasteiger partial charge in [0.2, 0.25) is 5.91 Å². The molecule has 3 rings (SSSR count). The predicted octanol–water partition coefficient (Wildman–Crippen LogP) is 5.34. The van der Waals surface area contributed by atoms with Crippen molar-refractivity contribution in [2.75, 3.05) is 37.1 Å². The molecule has 3 amide bonds. The molecule has 10 nitrogen and oxygen atoms in total. The summed E-state index contributed by atoms with van der Waals surface area (Å²) in [4.78, 5) is 38.1. The van der Waals surface area contributed by atoms with Crippen molar-refractivity contribution in [2.24, 2.45) is 17.6 Å². The first-order valence-corrected chi connectivity index (χ1v) is 14.6. The average molecular weight is 690 g/mol. The van der Waals surface area contributed by atoms with Crippen molar-refractivity contribution in [3.05, 3.63) is 74.9 Å². The fourth-order valence-corrected chi connectivity index (χ4v) is 4.09. The number of anilines is 2. The summed E-state index contributed by atoms with van der Waals surface area (Å²) in [6, 6.07) is 14.3. The lowest BCUT2D eigenvalue weighted by molar-refractivity contribution is 0.0996. The minimum absolute atomic E-state index is 0.110. The van der Waals surface area contributed by atoms with Crippen molar-refractivity contribution in [3.8, 4) is 17.2 Å². The van der Waals surface area contributed by atoms with Crippen molar-refractivity contribution in [1.29, 1.82) is 0 Å². The molecule has 224 valence electrons. The molecule has 0 spiro atoms. The Morgan fingerprint density at radius 2 is 1.19 bits per heavy atom. The monoisotopic (exact) mass is 689 g/mol. The number of benzene rings is 3. The van der Waals surface area contributed by atoms with Crippen LogP contribution in [0.3, 0.4) is 0 Å². The smallest absolute Gasteiger partial charge is 0.255 e. The van der Waals surface area contributed by atoms with Gasteiger partial charge in [0.05, 0.1) is 34.8 Å². The van der Waals surface area contributed by atoms with E-state index in [1.54, 1.807) is 42.5 Å². The van der Waals surface area contributed by atoms with E-state index in [9.17, 15) is 14.4 Å². The summed E-state index contributed by atoms with van der Waals surface area (Å²) >= 11 is 2.09. The van der Waals surface area contributed by atoms with Crippen LogP contribution in [0.1, 0.15) is 58.8 Å². The van der Waals surface area contributed by atoms with E-state index in [-0.39, 0.29) is 36.2 Å². The number of primary amides is 1. The second-order valence-electron chi connectivity index (χ2n) is 10.3. The summed E-state index contributed by atoms with van der Waals surface area (Å²) < 4.78 is 18.1. The van der Waals surface area contributed by atoms with Gasteiger partial charge in [-0.15, -0.1) is 0 Å².